The van der Waals surface area contributed by atoms with E-state index in [9.17, 15) is 0 Å². The minimum absolute atomic E-state index is 0.164. The van der Waals surface area contributed by atoms with E-state index in [2.05, 4.69) is 55.5 Å². The number of halogens is 3. The van der Waals surface area contributed by atoms with Crippen LogP contribution in [-0.4, -0.2) is 9.11 Å². The fourth-order valence-corrected chi connectivity index (χ4v) is 1.26. The first-order chi connectivity index (χ1) is 6.12. The van der Waals surface area contributed by atoms with Gasteiger partial charge in [-0.1, -0.05) is 31.9 Å². The molecule has 0 bridgehead atoms. The quantitative estimate of drug-likeness (QED) is 0.545. The number of rotatable bonds is 3. The van der Waals surface area contributed by atoms with Crippen LogP contribution >= 0.6 is 43.5 Å². The summed E-state index contributed by atoms with van der Waals surface area (Å²) in [4.78, 5) is 0. The van der Waals surface area contributed by atoms with Gasteiger partial charge in [-0.2, -0.15) is 0 Å². The number of hydrogen-bond acceptors (Lipinski definition) is 0. The average Bonchev–Trinajstić information content (AvgIpc) is 2.09. The van der Waals surface area contributed by atoms with Crippen molar-refractivity contribution in [1.82, 2.24) is 0 Å². The molecule has 13 heavy (non-hydrogen) atoms. The Hall–Kier alpha value is 0.370. The Morgan fingerprint density at radius 3 is 2.31 bits per heavy atom. The van der Waals surface area contributed by atoms with Gasteiger partial charge in [0.25, 0.3) is 0 Å². The summed E-state index contributed by atoms with van der Waals surface area (Å²) in [6.07, 6.45) is 2.23. The van der Waals surface area contributed by atoms with Gasteiger partial charge in [-0.05, 0) is 6.92 Å². The average molecular weight is 326 g/mol. The lowest BCUT2D eigenvalue weighted by molar-refractivity contribution is 0.894. The van der Waals surface area contributed by atoms with Crippen LogP contribution < -0.4 is 0 Å². The van der Waals surface area contributed by atoms with Crippen LogP contribution in [0.2, 0.25) is 0 Å². The minimum atomic E-state index is -0.164. The summed E-state index contributed by atoms with van der Waals surface area (Å²) in [5.41, 5.74) is 0. The van der Waals surface area contributed by atoms with E-state index >= 15 is 0 Å². The Kier molecular flexibility index (Phi) is 7.96. The van der Waals surface area contributed by atoms with E-state index in [1.165, 1.54) is 0 Å². The largest absolute Gasteiger partial charge is 0.126 e. The molecule has 0 saturated carbocycles. The molecule has 3 heteroatoms. The van der Waals surface area contributed by atoms with Gasteiger partial charge in [0.15, 0.2) is 0 Å². The van der Waals surface area contributed by atoms with Crippen LogP contribution in [-0.2, 0) is 0 Å². The molecule has 0 N–H and O–H groups in total. The summed E-state index contributed by atoms with van der Waals surface area (Å²) >= 11 is 12.5. The highest BCUT2D eigenvalue weighted by molar-refractivity contribution is 9.25. The van der Waals surface area contributed by atoms with E-state index in [-0.39, 0.29) is 3.23 Å². The molecule has 0 radical (unpaired) electrons. The monoisotopic (exact) mass is 324 g/mol. The van der Waals surface area contributed by atoms with E-state index in [1.54, 1.807) is 0 Å². The van der Waals surface area contributed by atoms with Crippen LogP contribution in [0.15, 0.2) is 0 Å². The van der Waals surface area contributed by atoms with Crippen molar-refractivity contribution in [3.8, 4) is 23.7 Å². The summed E-state index contributed by atoms with van der Waals surface area (Å²) in [6, 6.07) is 0. The van der Waals surface area contributed by atoms with Gasteiger partial charge in [-0.3, -0.25) is 0 Å². The van der Waals surface area contributed by atoms with Crippen LogP contribution in [0.25, 0.3) is 0 Å². The van der Waals surface area contributed by atoms with Crippen LogP contribution in [0.5, 0.6) is 0 Å². The molecule has 0 heterocycles. The Labute approximate surface area is 102 Å². The highest BCUT2D eigenvalue weighted by Crippen LogP contribution is 2.33. The van der Waals surface area contributed by atoms with Crippen molar-refractivity contribution >= 4 is 43.5 Å². The molecule has 0 unspecified atom stereocenters. The Morgan fingerprint density at radius 2 is 1.77 bits per heavy atom. The molecule has 0 aromatic heterocycles. The number of hydrogen-bond donors (Lipinski definition) is 0. The maximum absolute atomic E-state index is 5.49. The Bertz CT molecular complexity index is 250. The summed E-state index contributed by atoms with van der Waals surface area (Å²) < 4.78 is -0.164. The molecular formula is C10H11Br2Cl. The lowest BCUT2D eigenvalue weighted by Gasteiger charge is -2.12. The molecule has 0 aromatic rings. The lowest BCUT2D eigenvalue weighted by Crippen LogP contribution is -2.08. The van der Waals surface area contributed by atoms with Crippen molar-refractivity contribution in [1.29, 1.82) is 0 Å². The summed E-state index contributed by atoms with van der Waals surface area (Å²) in [5.74, 6) is 12.5. The second-order valence-corrected chi connectivity index (χ2v) is 6.91. The van der Waals surface area contributed by atoms with Crippen molar-refractivity contribution in [2.24, 2.45) is 0 Å². The van der Waals surface area contributed by atoms with E-state index in [1.807, 2.05) is 6.92 Å². The highest BCUT2D eigenvalue weighted by atomic mass is 79.9. The minimum Gasteiger partial charge on any atom is -0.126 e. The molecule has 0 spiro atoms. The molecule has 0 aromatic carbocycles. The third kappa shape index (κ3) is 8.69. The maximum Gasteiger partial charge on any atom is 0.102 e. The van der Waals surface area contributed by atoms with Gasteiger partial charge in [-0.25, -0.2) is 0 Å². The zero-order valence-electron chi connectivity index (χ0n) is 7.46. The van der Waals surface area contributed by atoms with Gasteiger partial charge in [-0.15, -0.1) is 35.3 Å². The van der Waals surface area contributed by atoms with Gasteiger partial charge < -0.3 is 0 Å². The molecule has 72 valence electrons. The lowest BCUT2D eigenvalue weighted by atomic mass is 10.2. The third-order valence-corrected chi connectivity index (χ3v) is 2.53. The van der Waals surface area contributed by atoms with Crippen molar-refractivity contribution < 1.29 is 0 Å². The van der Waals surface area contributed by atoms with E-state index < -0.39 is 0 Å². The highest BCUT2D eigenvalue weighted by Gasteiger charge is 2.19. The third-order valence-electron chi connectivity index (χ3n) is 1.22. The van der Waals surface area contributed by atoms with Gasteiger partial charge >= 0.3 is 0 Å². The maximum atomic E-state index is 5.49. The van der Waals surface area contributed by atoms with Crippen molar-refractivity contribution in [3.63, 3.8) is 0 Å². The molecule has 0 fully saturated rings. The predicted molar refractivity (Wildman–Crippen MR) is 66.4 cm³/mol. The molecule has 0 aliphatic carbocycles. The first-order valence-corrected chi connectivity index (χ1v) is 6.03. The van der Waals surface area contributed by atoms with E-state index in [4.69, 9.17) is 11.6 Å². The fraction of sp³-hybridized carbons (Fsp3) is 0.600. The molecule has 0 saturated heterocycles. The smallest absolute Gasteiger partial charge is 0.102 e. The Morgan fingerprint density at radius 1 is 1.15 bits per heavy atom. The molecule has 0 amide bonds. The standard InChI is InChI=1S/C10H11Br2Cl/c1-2-3-7-10(11,12)8-5-4-6-9-13/h6-9H2,1H3. The zero-order chi connectivity index (χ0) is 10.2. The molecule has 0 aliphatic heterocycles. The van der Waals surface area contributed by atoms with Gasteiger partial charge in [0.2, 0.25) is 0 Å². The van der Waals surface area contributed by atoms with E-state index in [0.717, 1.165) is 19.3 Å². The topological polar surface area (TPSA) is 0 Å². The molecule has 0 rings (SSSR count). The molecule has 0 atom stereocenters. The predicted octanol–water partition coefficient (Wildman–Crippen LogP) is 3.91. The molecule has 0 nitrogen and oxygen atoms in total. The first-order valence-electron chi connectivity index (χ1n) is 3.91. The first kappa shape index (κ1) is 13.4. The van der Waals surface area contributed by atoms with Crippen LogP contribution in [0.3, 0.4) is 0 Å². The Balaban J connectivity index is 3.87. The van der Waals surface area contributed by atoms with Crippen molar-refractivity contribution in [2.75, 3.05) is 5.88 Å². The van der Waals surface area contributed by atoms with Gasteiger partial charge in [0.1, 0.15) is 3.23 Å². The van der Waals surface area contributed by atoms with Crippen LogP contribution in [0.4, 0.5) is 0 Å². The van der Waals surface area contributed by atoms with Crippen LogP contribution in [0, 0.1) is 23.7 Å². The van der Waals surface area contributed by atoms with Gasteiger partial charge in [0, 0.05) is 25.1 Å². The summed E-state index contributed by atoms with van der Waals surface area (Å²) in [6.45, 7) is 1.83. The van der Waals surface area contributed by atoms with Crippen molar-refractivity contribution in [3.05, 3.63) is 0 Å². The molecule has 0 aliphatic rings. The summed E-state index contributed by atoms with van der Waals surface area (Å²) in [7, 11) is 0. The summed E-state index contributed by atoms with van der Waals surface area (Å²) in [5, 5.41) is 0. The number of alkyl halides is 3. The second-order valence-electron chi connectivity index (χ2n) is 2.43. The normalized spacial score (nSPS) is 9.54. The van der Waals surface area contributed by atoms with Gasteiger partial charge in [0.05, 0.1) is 0 Å². The SMILES string of the molecule is CC#CCC(Br)(Br)CC#CCCCl. The zero-order valence-corrected chi connectivity index (χ0v) is 11.4. The van der Waals surface area contributed by atoms with Crippen LogP contribution in [0.1, 0.15) is 26.2 Å². The fourth-order valence-electron chi connectivity index (χ4n) is 0.608. The van der Waals surface area contributed by atoms with Crippen molar-refractivity contribution in [2.45, 2.75) is 29.4 Å². The van der Waals surface area contributed by atoms with E-state index in [0.29, 0.717) is 5.88 Å². The second kappa shape index (κ2) is 7.74. The molecular weight excluding hydrogens is 315 g/mol.